The van der Waals surface area contributed by atoms with E-state index in [4.69, 9.17) is 9.47 Å². The number of fused-ring (bicyclic) bond motifs is 1. The summed E-state index contributed by atoms with van der Waals surface area (Å²) in [5.41, 5.74) is 1.48. The van der Waals surface area contributed by atoms with Crippen LogP contribution in [0, 0.1) is 15.9 Å². The topological polar surface area (TPSA) is 125 Å². The predicted molar refractivity (Wildman–Crippen MR) is 130 cm³/mol. The van der Waals surface area contributed by atoms with Gasteiger partial charge in [0.25, 0.3) is 5.69 Å². The number of hydrogen-bond acceptors (Lipinski definition) is 9. The van der Waals surface area contributed by atoms with Crippen molar-refractivity contribution in [2.75, 3.05) is 43.6 Å². The van der Waals surface area contributed by atoms with Gasteiger partial charge < -0.3 is 24.3 Å². The number of carbonyl (C=O) groups excluding carboxylic acids is 1. The van der Waals surface area contributed by atoms with Gasteiger partial charge in [0.05, 0.1) is 36.5 Å². The summed E-state index contributed by atoms with van der Waals surface area (Å²) in [5, 5.41) is 15.4. The molecule has 2 aromatic heterocycles. The summed E-state index contributed by atoms with van der Waals surface area (Å²) in [6.07, 6.45) is 3.74. The van der Waals surface area contributed by atoms with Gasteiger partial charge in [0, 0.05) is 48.6 Å². The van der Waals surface area contributed by atoms with E-state index in [1.165, 1.54) is 37.6 Å². The number of halogens is 1. The minimum Gasteiger partial charge on any atom is -0.494 e. The lowest BCUT2D eigenvalue weighted by Gasteiger charge is -2.29. The fraction of sp³-hybridized carbons (Fsp3) is 0.208. The molecule has 3 heterocycles. The summed E-state index contributed by atoms with van der Waals surface area (Å²) in [6.45, 7) is 2.00. The highest BCUT2D eigenvalue weighted by molar-refractivity contribution is 5.98. The van der Waals surface area contributed by atoms with E-state index in [1.807, 2.05) is 4.90 Å². The molecule has 2 aromatic carbocycles. The van der Waals surface area contributed by atoms with Gasteiger partial charge in [0.15, 0.2) is 6.29 Å². The molecule has 184 valence electrons. The van der Waals surface area contributed by atoms with Gasteiger partial charge in [-0.05, 0) is 24.3 Å². The van der Waals surface area contributed by atoms with Crippen molar-refractivity contribution in [1.82, 2.24) is 14.5 Å². The Labute approximate surface area is 204 Å². The van der Waals surface area contributed by atoms with Crippen molar-refractivity contribution >= 4 is 40.2 Å². The summed E-state index contributed by atoms with van der Waals surface area (Å²) in [4.78, 5) is 33.5. The van der Waals surface area contributed by atoms with E-state index in [0.717, 1.165) is 0 Å². The van der Waals surface area contributed by atoms with Crippen molar-refractivity contribution in [3.05, 3.63) is 70.3 Å². The molecule has 1 saturated heterocycles. The molecule has 0 bridgehead atoms. The smallest absolute Gasteiger partial charge is 0.294 e. The Morgan fingerprint density at radius 1 is 1.22 bits per heavy atom. The second kappa shape index (κ2) is 9.58. The number of aromatic nitrogens is 3. The van der Waals surface area contributed by atoms with Crippen LogP contribution in [-0.4, -0.2) is 59.2 Å². The Bertz CT molecular complexity index is 1470. The Hall–Kier alpha value is -4.58. The first-order valence-electron chi connectivity index (χ1n) is 11.0. The number of morpholine rings is 1. The first-order valence-corrected chi connectivity index (χ1v) is 11.0. The van der Waals surface area contributed by atoms with Crippen LogP contribution in [0.2, 0.25) is 0 Å². The third kappa shape index (κ3) is 4.29. The number of rotatable bonds is 7. The van der Waals surface area contributed by atoms with Gasteiger partial charge in [-0.3, -0.25) is 14.9 Å². The summed E-state index contributed by atoms with van der Waals surface area (Å²) in [6, 6.07) is 8.72. The second-order valence-electron chi connectivity index (χ2n) is 7.99. The van der Waals surface area contributed by atoms with Crippen LogP contribution in [0.1, 0.15) is 10.4 Å². The van der Waals surface area contributed by atoms with Crippen LogP contribution in [0.15, 0.2) is 48.8 Å². The van der Waals surface area contributed by atoms with Crippen LogP contribution in [0.25, 0.3) is 16.7 Å². The monoisotopic (exact) mass is 492 g/mol. The molecule has 12 heteroatoms. The molecule has 1 aliphatic rings. The molecule has 0 radical (unpaired) electrons. The maximum atomic E-state index is 13.9. The van der Waals surface area contributed by atoms with Gasteiger partial charge in [-0.15, -0.1) is 0 Å². The molecular weight excluding hydrogens is 471 g/mol. The molecule has 0 saturated carbocycles. The van der Waals surface area contributed by atoms with E-state index >= 15 is 0 Å². The highest BCUT2D eigenvalue weighted by Crippen LogP contribution is 2.39. The Morgan fingerprint density at radius 2 is 2.03 bits per heavy atom. The minimum atomic E-state index is -0.455. The molecule has 1 fully saturated rings. The third-order valence-corrected chi connectivity index (χ3v) is 5.90. The number of methoxy groups -OCH3 is 1. The van der Waals surface area contributed by atoms with E-state index < -0.39 is 10.7 Å². The predicted octanol–water partition coefficient (Wildman–Crippen LogP) is 3.87. The average molecular weight is 492 g/mol. The van der Waals surface area contributed by atoms with Crippen molar-refractivity contribution in [2.24, 2.45) is 0 Å². The van der Waals surface area contributed by atoms with Crippen LogP contribution in [0.5, 0.6) is 5.75 Å². The zero-order valence-electron chi connectivity index (χ0n) is 19.2. The first kappa shape index (κ1) is 23.2. The van der Waals surface area contributed by atoms with Gasteiger partial charge in [-0.1, -0.05) is 0 Å². The number of nitrogens with one attached hydrogen (secondary N) is 1. The molecule has 0 unspecified atom stereocenters. The highest BCUT2D eigenvalue weighted by atomic mass is 19.1. The van der Waals surface area contributed by atoms with Crippen molar-refractivity contribution in [1.29, 1.82) is 0 Å². The molecule has 0 atom stereocenters. The quantitative estimate of drug-likeness (QED) is 0.232. The van der Waals surface area contributed by atoms with Crippen molar-refractivity contribution in [3.8, 4) is 11.6 Å². The summed E-state index contributed by atoms with van der Waals surface area (Å²) in [5.74, 6) is 0.414. The molecule has 11 nitrogen and oxygen atoms in total. The van der Waals surface area contributed by atoms with Crippen LogP contribution in [0.4, 0.5) is 27.4 Å². The van der Waals surface area contributed by atoms with Gasteiger partial charge in [-0.2, -0.15) is 4.98 Å². The molecule has 1 N–H and O–H groups in total. The Balaban J connectivity index is 1.53. The number of nitro benzene ring substituents is 1. The molecule has 1 aliphatic heterocycles. The van der Waals surface area contributed by atoms with Crippen molar-refractivity contribution in [3.63, 3.8) is 0 Å². The number of carbonyl (C=O) groups is 1. The molecule has 5 rings (SSSR count). The second-order valence-corrected chi connectivity index (χ2v) is 7.99. The van der Waals surface area contributed by atoms with Crippen molar-refractivity contribution < 1.29 is 23.6 Å². The molecular formula is C24H21FN6O5. The van der Waals surface area contributed by atoms with Gasteiger partial charge in [0.1, 0.15) is 23.1 Å². The normalized spacial score (nSPS) is 13.6. The summed E-state index contributed by atoms with van der Waals surface area (Å²) < 4.78 is 26.4. The number of benzene rings is 2. The highest BCUT2D eigenvalue weighted by Gasteiger charge is 2.25. The zero-order chi connectivity index (χ0) is 25.2. The molecule has 36 heavy (non-hydrogen) atoms. The molecule has 4 aromatic rings. The fourth-order valence-corrected chi connectivity index (χ4v) is 4.20. The Morgan fingerprint density at radius 3 is 2.75 bits per heavy atom. The summed E-state index contributed by atoms with van der Waals surface area (Å²) in [7, 11) is 1.47. The molecule has 0 spiro atoms. The lowest BCUT2D eigenvalue weighted by molar-refractivity contribution is -0.384. The van der Waals surface area contributed by atoms with Gasteiger partial charge in [0.2, 0.25) is 5.95 Å². The third-order valence-electron chi connectivity index (χ3n) is 5.90. The van der Waals surface area contributed by atoms with Gasteiger partial charge >= 0.3 is 0 Å². The van der Waals surface area contributed by atoms with Crippen LogP contribution in [0.3, 0.4) is 0 Å². The SMILES string of the molecule is COc1cc(N2CCOCC2)c([N+](=O)[O-])cc1Nc1nccc(-n2cc(C=O)c3ccc(F)cc32)n1. The maximum Gasteiger partial charge on any atom is 0.294 e. The summed E-state index contributed by atoms with van der Waals surface area (Å²) >= 11 is 0. The maximum absolute atomic E-state index is 13.9. The number of aldehydes is 1. The first-order chi connectivity index (χ1) is 17.5. The number of hydrogen-bond donors (Lipinski definition) is 1. The zero-order valence-corrected chi connectivity index (χ0v) is 19.2. The van der Waals surface area contributed by atoms with E-state index in [-0.39, 0.29) is 11.6 Å². The number of anilines is 3. The van der Waals surface area contributed by atoms with Crippen molar-refractivity contribution in [2.45, 2.75) is 0 Å². The van der Waals surface area contributed by atoms with Crippen LogP contribution in [-0.2, 0) is 4.74 Å². The molecule has 0 aliphatic carbocycles. The lowest BCUT2D eigenvalue weighted by atomic mass is 10.2. The van der Waals surface area contributed by atoms with E-state index in [1.54, 1.807) is 22.9 Å². The van der Waals surface area contributed by atoms with Crippen LogP contribution >= 0.6 is 0 Å². The largest absolute Gasteiger partial charge is 0.494 e. The molecule has 0 amide bonds. The van der Waals surface area contributed by atoms with E-state index in [2.05, 4.69) is 15.3 Å². The number of nitrogens with zero attached hydrogens (tertiary/aromatic N) is 5. The average Bonchev–Trinajstić information content (AvgIpc) is 3.27. The van der Waals surface area contributed by atoms with Gasteiger partial charge in [-0.25, -0.2) is 9.37 Å². The van der Waals surface area contributed by atoms with E-state index in [0.29, 0.717) is 72.0 Å². The lowest BCUT2D eigenvalue weighted by Crippen LogP contribution is -2.36. The standard InChI is InChI=1S/C24H21FN6O5/c1-35-22-12-20(29-6-8-36-9-7-29)21(31(33)34)11-18(22)27-24-26-5-4-23(28-24)30-13-15(14-32)17-3-2-16(25)10-19(17)30/h2-5,10-14H,6-9H2,1H3,(H,26,27,28). The fourth-order valence-electron chi connectivity index (χ4n) is 4.20. The minimum absolute atomic E-state index is 0.0983. The Kier molecular flexibility index (Phi) is 6.17. The number of nitro groups is 1. The van der Waals surface area contributed by atoms with Crippen LogP contribution < -0.4 is 15.0 Å². The van der Waals surface area contributed by atoms with E-state index in [9.17, 15) is 19.3 Å². The number of ether oxygens (including phenoxy) is 2.